The fraction of sp³-hybridized carbons (Fsp3) is 0.385. The van der Waals surface area contributed by atoms with Crippen LogP contribution >= 0.6 is 0 Å². The summed E-state index contributed by atoms with van der Waals surface area (Å²) in [5.74, 6) is -0.329. The molecule has 1 aromatic rings. The van der Waals surface area contributed by atoms with Crippen molar-refractivity contribution in [3.8, 4) is 0 Å². The van der Waals surface area contributed by atoms with Gasteiger partial charge in [-0.2, -0.15) is 0 Å². The Bertz CT molecular complexity index is 490. The average Bonchev–Trinajstić information content (AvgIpc) is 2.84. The van der Waals surface area contributed by atoms with Gasteiger partial charge in [0.1, 0.15) is 6.04 Å². The highest BCUT2D eigenvalue weighted by atomic mass is 16.5. The molecule has 1 aliphatic rings. The molecule has 1 aromatic carbocycles. The van der Waals surface area contributed by atoms with Gasteiger partial charge in [0.2, 0.25) is 0 Å². The zero-order valence-electron chi connectivity index (χ0n) is 11.0. The minimum atomic E-state index is -0.437. The van der Waals surface area contributed by atoms with Crippen LogP contribution in [0.4, 0.5) is 16.2 Å². The van der Waals surface area contributed by atoms with Gasteiger partial charge < -0.3 is 15.4 Å². The number of carbonyl (C=O) groups is 2. The van der Waals surface area contributed by atoms with Crippen LogP contribution in [-0.2, 0) is 9.53 Å². The first kappa shape index (κ1) is 13.2. The molecule has 19 heavy (non-hydrogen) atoms. The third-order valence-corrected chi connectivity index (χ3v) is 2.95. The van der Waals surface area contributed by atoms with Crippen LogP contribution in [0.25, 0.3) is 0 Å². The summed E-state index contributed by atoms with van der Waals surface area (Å²) < 4.78 is 4.66. The summed E-state index contributed by atoms with van der Waals surface area (Å²) in [5, 5.41) is 5.79. The lowest BCUT2D eigenvalue weighted by Gasteiger charge is -2.17. The Hall–Kier alpha value is -2.24. The van der Waals surface area contributed by atoms with Crippen LogP contribution in [-0.4, -0.2) is 38.2 Å². The number of hydrogen-bond acceptors (Lipinski definition) is 4. The molecule has 1 saturated heterocycles. The number of nitrogens with one attached hydrogen (secondary N) is 2. The van der Waals surface area contributed by atoms with Gasteiger partial charge in [-0.1, -0.05) is 6.07 Å². The Morgan fingerprint density at radius 1 is 1.53 bits per heavy atom. The Morgan fingerprint density at radius 2 is 2.32 bits per heavy atom. The van der Waals surface area contributed by atoms with E-state index < -0.39 is 6.04 Å². The van der Waals surface area contributed by atoms with E-state index in [1.54, 1.807) is 11.8 Å². The van der Waals surface area contributed by atoms with Gasteiger partial charge in [-0.3, -0.25) is 4.90 Å². The number of hydrogen-bond donors (Lipinski definition) is 2. The highest BCUT2D eigenvalue weighted by Gasteiger charge is 2.21. The first-order chi connectivity index (χ1) is 9.11. The molecule has 1 aliphatic heterocycles. The lowest BCUT2D eigenvalue weighted by molar-refractivity contribution is -0.141. The van der Waals surface area contributed by atoms with Gasteiger partial charge in [0.25, 0.3) is 0 Å². The molecule has 102 valence electrons. The summed E-state index contributed by atoms with van der Waals surface area (Å²) in [6, 6.07) is 6.85. The molecular formula is C13H17N3O3. The minimum Gasteiger partial charge on any atom is -0.467 e. The number of amides is 2. The molecule has 0 aliphatic carbocycles. The quantitative estimate of drug-likeness (QED) is 0.800. The number of benzene rings is 1. The maximum absolute atomic E-state index is 11.6. The summed E-state index contributed by atoms with van der Waals surface area (Å²) in [4.78, 5) is 24.6. The second-order valence-corrected chi connectivity index (χ2v) is 4.32. The standard InChI is InChI=1S/C13H17N3O3/c1-9(12(17)19-2)15-10-4-3-5-11(8-10)16-7-6-14-13(16)18/h3-5,8-9,15H,6-7H2,1-2H3,(H,14,18). The molecule has 2 amide bonds. The second-order valence-electron chi connectivity index (χ2n) is 4.32. The molecule has 0 spiro atoms. The monoisotopic (exact) mass is 263 g/mol. The number of rotatable bonds is 4. The number of carbonyl (C=O) groups excluding carboxylic acids is 2. The van der Waals surface area contributed by atoms with Gasteiger partial charge in [-0.15, -0.1) is 0 Å². The van der Waals surface area contributed by atoms with Crippen LogP contribution < -0.4 is 15.5 Å². The number of anilines is 2. The predicted octanol–water partition coefficient (Wildman–Crippen LogP) is 1.19. The highest BCUT2D eigenvalue weighted by molar-refractivity contribution is 5.94. The van der Waals surface area contributed by atoms with Crippen molar-refractivity contribution >= 4 is 23.4 Å². The van der Waals surface area contributed by atoms with Crippen molar-refractivity contribution in [2.45, 2.75) is 13.0 Å². The van der Waals surface area contributed by atoms with E-state index >= 15 is 0 Å². The van der Waals surface area contributed by atoms with E-state index in [4.69, 9.17) is 0 Å². The first-order valence-corrected chi connectivity index (χ1v) is 6.11. The topological polar surface area (TPSA) is 70.7 Å². The maximum Gasteiger partial charge on any atom is 0.327 e. The summed E-state index contributed by atoms with van der Waals surface area (Å²) in [6.45, 7) is 3.02. The van der Waals surface area contributed by atoms with Crippen LogP contribution in [0.15, 0.2) is 24.3 Å². The normalized spacial score (nSPS) is 15.9. The highest BCUT2D eigenvalue weighted by Crippen LogP contribution is 2.21. The third kappa shape index (κ3) is 2.96. The molecule has 1 atom stereocenters. The number of methoxy groups -OCH3 is 1. The van der Waals surface area contributed by atoms with Crippen LogP contribution in [0, 0.1) is 0 Å². The number of ether oxygens (including phenoxy) is 1. The van der Waals surface area contributed by atoms with Crippen molar-refractivity contribution in [1.82, 2.24) is 5.32 Å². The van der Waals surface area contributed by atoms with E-state index in [-0.39, 0.29) is 12.0 Å². The molecular weight excluding hydrogens is 246 g/mol. The van der Waals surface area contributed by atoms with Crippen molar-refractivity contribution in [2.75, 3.05) is 30.4 Å². The van der Waals surface area contributed by atoms with Crippen molar-refractivity contribution in [1.29, 1.82) is 0 Å². The summed E-state index contributed by atoms with van der Waals surface area (Å²) >= 11 is 0. The SMILES string of the molecule is COC(=O)C(C)Nc1cccc(N2CCNC2=O)c1. The molecule has 0 radical (unpaired) electrons. The number of urea groups is 1. The van der Waals surface area contributed by atoms with Gasteiger partial charge in [0, 0.05) is 24.5 Å². The van der Waals surface area contributed by atoms with E-state index in [1.807, 2.05) is 24.3 Å². The molecule has 0 bridgehead atoms. The van der Waals surface area contributed by atoms with Gasteiger partial charge in [0.05, 0.1) is 7.11 Å². The van der Waals surface area contributed by atoms with E-state index in [9.17, 15) is 9.59 Å². The fourth-order valence-electron chi connectivity index (χ4n) is 1.97. The van der Waals surface area contributed by atoms with E-state index in [0.717, 1.165) is 11.4 Å². The summed E-state index contributed by atoms with van der Waals surface area (Å²) in [6.07, 6.45) is 0. The van der Waals surface area contributed by atoms with E-state index in [2.05, 4.69) is 15.4 Å². The molecule has 6 heteroatoms. The van der Waals surface area contributed by atoms with E-state index in [0.29, 0.717) is 13.1 Å². The largest absolute Gasteiger partial charge is 0.467 e. The van der Waals surface area contributed by atoms with Crippen molar-refractivity contribution < 1.29 is 14.3 Å². The van der Waals surface area contributed by atoms with Crippen LogP contribution in [0.5, 0.6) is 0 Å². The van der Waals surface area contributed by atoms with E-state index in [1.165, 1.54) is 7.11 Å². The summed E-state index contributed by atoms with van der Waals surface area (Å²) in [7, 11) is 1.35. The zero-order chi connectivity index (χ0) is 13.8. The third-order valence-electron chi connectivity index (χ3n) is 2.95. The molecule has 6 nitrogen and oxygen atoms in total. The molecule has 1 unspecified atom stereocenters. The fourth-order valence-corrected chi connectivity index (χ4v) is 1.97. The number of esters is 1. The lowest BCUT2D eigenvalue weighted by atomic mass is 10.2. The average molecular weight is 263 g/mol. The van der Waals surface area contributed by atoms with Gasteiger partial charge in [0.15, 0.2) is 0 Å². The van der Waals surface area contributed by atoms with Crippen LogP contribution in [0.1, 0.15) is 6.92 Å². The molecule has 1 fully saturated rings. The smallest absolute Gasteiger partial charge is 0.327 e. The van der Waals surface area contributed by atoms with Crippen LogP contribution in [0.2, 0.25) is 0 Å². The molecule has 0 aromatic heterocycles. The zero-order valence-corrected chi connectivity index (χ0v) is 11.0. The molecule has 1 heterocycles. The molecule has 2 N–H and O–H groups in total. The van der Waals surface area contributed by atoms with Gasteiger partial charge >= 0.3 is 12.0 Å². The second kappa shape index (κ2) is 5.60. The Balaban J connectivity index is 2.11. The van der Waals surface area contributed by atoms with Crippen LogP contribution in [0.3, 0.4) is 0 Å². The van der Waals surface area contributed by atoms with Gasteiger partial charge in [-0.05, 0) is 25.1 Å². The van der Waals surface area contributed by atoms with Gasteiger partial charge in [-0.25, -0.2) is 9.59 Å². The minimum absolute atomic E-state index is 0.0989. The Labute approximate surface area is 111 Å². The maximum atomic E-state index is 11.6. The first-order valence-electron chi connectivity index (χ1n) is 6.11. The lowest BCUT2D eigenvalue weighted by Crippen LogP contribution is -2.29. The Morgan fingerprint density at radius 3 is 2.95 bits per heavy atom. The number of nitrogens with zero attached hydrogens (tertiary/aromatic N) is 1. The Kier molecular flexibility index (Phi) is 3.89. The van der Waals surface area contributed by atoms with Crippen molar-refractivity contribution in [3.63, 3.8) is 0 Å². The predicted molar refractivity (Wildman–Crippen MR) is 72.3 cm³/mol. The van der Waals surface area contributed by atoms with Crippen molar-refractivity contribution in [3.05, 3.63) is 24.3 Å². The van der Waals surface area contributed by atoms with Crippen molar-refractivity contribution in [2.24, 2.45) is 0 Å². The molecule has 0 saturated carbocycles. The summed E-state index contributed by atoms with van der Waals surface area (Å²) in [5.41, 5.74) is 1.58. The molecule has 2 rings (SSSR count).